The molecule has 0 spiro atoms. The SMILES string of the molecule is c1ccc(N2c3cccc4c3B3c5c2cccc5N(c2ccccc2)c2cc(-c5cc6c7c(c5)N(c5ccccc5)c5cccc8c5B7c5c(cccc5N6c5ccccc5)N8c5ccccc5)cc(c23)N4c2ccccc2)cc1. The zero-order valence-corrected chi connectivity index (χ0v) is 43.4. The standard InChI is InChI=1S/C72H46B2N6/c1-7-23-49(24-8-1)75-55-35-19-39-59-67(55)73-68-56(75)36-20-40-60(68)78(52-29-13-4-14-30-52)64-44-47(43-63(71(64)73)77(59)51-27-11-3-12-28-51)48-45-65-72-66(46-48)80(54-33-17-6-18-34-54)62-42-22-38-58-70(62)74(72)69-57(76(58)50-25-9-2-10-26-50)37-21-41-61(69)79(65)53-31-15-5-16-32-53/h1-46H. The first-order valence-corrected chi connectivity index (χ1v) is 27.8. The van der Waals surface area contributed by atoms with Gasteiger partial charge in [0, 0.05) is 102 Å². The number of rotatable bonds is 7. The summed E-state index contributed by atoms with van der Waals surface area (Å²) in [6, 6.07) is 104. The predicted octanol–water partition coefficient (Wildman–Crippen LogP) is 15.1. The van der Waals surface area contributed by atoms with Crippen molar-refractivity contribution >= 4 is 149 Å². The number of benzene rings is 12. The summed E-state index contributed by atoms with van der Waals surface area (Å²) < 4.78 is 0. The second-order valence-electron chi connectivity index (χ2n) is 21.6. The lowest BCUT2D eigenvalue weighted by molar-refractivity contribution is 1.21. The van der Waals surface area contributed by atoms with Crippen LogP contribution in [-0.2, 0) is 0 Å². The Labute approximate surface area is 465 Å². The summed E-state index contributed by atoms with van der Waals surface area (Å²) in [4.78, 5) is 15.2. The lowest BCUT2D eigenvalue weighted by atomic mass is 9.31. The fourth-order valence-electron chi connectivity index (χ4n) is 14.6. The van der Waals surface area contributed by atoms with Crippen LogP contribution in [0.1, 0.15) is 0 Å². The minimum atomic E-state index is -0.0312. The van der Waals surface area contributed by atoms with Gasteiger partial charge in [0.25, 0.3) is 13.4 Å². The van der Waals surface area contributed by atoms with E-state index in [-0.39, 0.29) is 13.4 Å². The van der Waals surface area contributed by atoms with E-state index in [1.807, 2.05) is 0 Å². The van der Waals surface area contributed by atoms with E-state index in [1.54, 1.807) is 0 Å². The molecule has 370 valence electrons. The van der Waals surface area contributed by atoms with Crippen LogP contribution in [0, 0.1) is 0 Å². The summed E-state index contributed by atoms with van der Waals surface area (Å²) in [6.07, 6.45) is 0. The van der Waals surface area contributed by atoms with Crippen LogP contribution in [0.15, 0.2) is 279 Å². The zero-order chi connectivity index (χ0) is 52.2. The van der Waals surface area contributed by atoms with E-state index in [4.69, 9.17) is 0 Å². The van der Waals surface area contributed by atoms with E-state index in [9.17, 15) is 0 Å². The van der Waals surface area contributed by atoms with Gasteiger partial charge >= 0.3 is 0 Å². The third-order valence-corrected chi connectivity index (χ3v) is 17.6. The van der Waals surface area contributed by atoms with E-state index in [1.165, 1.54) is 101 Å². The second-order valence-corrected chi connectivity index (χ2v) is 21.6. The number of hydrogen-bond acceptors (Lipinski definition) is 6. The molecule has 6 aliphatic heterocycles. The number of nitrogens with zero attached hydrogens (tertiary/aromatic N) is 6. The van der Waals surface area contributed by atoms with Crippen LogP contribution in [0.5, 0.6) is 0 Å². The molecule has 8 heteroatoms. The quantitative estimate of drug-likeness (QED) is 0.147. The van der Waals surface area contributed by atoms with Gasteiger partial charge in [0.2, 0.25) is 0 Å². The Balaban J connectivity index is 0.953. The summed E-state index contributed by atoms with van der Waals surface area (Å²) in [5.41, 5.74) is 31.2. The second kappa shape index (κ2) is 16.5. The Morgan fingerprint density at radius 1 is 0.163 bits per heavy atom. The van der Waals surface area contributed by atoms with Gasteiger partial charge in [-0.15, -0.1) is 0 Å². The van der Waals surface area contributed by atoms with E-state index in [0.717, 1.165) is 45.3 Å². The molecule has 6 nitrogen and oxygen atoms in total. The zero-order valence-electron chi connectivity index (χ0n) is 43.4. The molecule has 12 aromatic rings. The van der Waals surface area contributed by atoms with Gasteiger partial charge in [-0.2, -0.15) is 0 Å². The number of hydrogen-bond donors (Lipinski definition) is 0. The largest absolute Gasteiger partial charge is 0.311 e. The van der Waals surface area contributed by atoms with Crippen molar-refractivity contribution in [3.63, 3.8) is 0 Å². The van der Waals surface area contributed by atoms with Gasteiger partial charge in [-0.3, -0.25) is 0 Å². The fourth-order valence-corrected chi connectivity index (χ4v) is 14.6. The highest BCUT2D eigenvalue weighted by atomic mass is 15.2. The maximum Gasteiger partial charge on any atom is 0.257 e. The van der Waals surface area contributed by atoms with Crippen LogP contribution in [0.25, 0.3) is 11.1 Å². The molecule has 0 bridgehead atoms. The molecule has 0 N–H and O–H groups in total. The van der Waals surface area contributed by atoms with Crippen LogP contribution in [0.4, 0.5) is 102 Å². The first-order chi connectivity index (χ1) is 39.8. The minimum absolute atomic E-state index is 0.0312. The number of anilines is 18. The Kier molecular flexibility index (Phi) is 9.03. The maximum atomic E-state index is 2.55. The third kappa shape index (κ3) is 5.88. The molecule has 0 saturated carbocycles. The van der Waals surface area contributed by atoms with Crippen LogP contribution in [0.2, 0.25) is 0 Å². The summed E-state index contributed by atoms with van der Waals surface area (Å²) in [7, 11) is 0. The highest BCUT2D eigenvalue weighted by molar-refractivity contribution is 7.03. The van der Waals surface area contributed by atoms with E-state index in [2.05, 4.69) is 308 Å². The van der Waals surface area contributed by atoms with Gasteiger partial charge in [-0.25, -0.2) is 0 Å². The molecule has 12 aromatic carbocycles. The highest BCUT2D eigenvalue weighted by Gasteiger charge is 2.52. The molecule has 6 aliphatic rings. The smallest absolute Gasteiger partial charge is 0.257 e. The summed E-state index contributed by atoms with van der Waals surface area (Å²) in [6.45, 7) is -0.0624. The van der Waals surface area contributed by atoms with Crippen molar-refractivity contribution in [3.8, 4) is 11.1 Å². The molecule has 6 heterocycles. The molecule has 0 fully saturated rings. The molecule has 0 amide bonds. The average molecular weight is 1020 g/mol. The predicted molar refractivity (Wildman–Crippen MR) is 336 cm³/mol. The van der Waals surface area contributed by atoms with E-state index >= 15 is 0 Å². The minimum Gasteiger partial charge on any atom is -0.311 e. The van der Waals surface area contributed by atoms with Gasteiger partial charge in [0.1, 0.15) is 0 Å². The van der Waals surface area contributed by atoms with Crippen molar-refractivity contribution in [2.45, 2.75) is 0 Å². The Morgan fingerprint density at radius 3 is 0.512 bits per heavy atom. The van der Waals surface area contributed by atoms with Crippen molar-refractivity contribution in [1.82, 2.24) is 0 Å². The monoisotopic (exact) mass is 1020 g/mol. The molecular weight excluding hydrogens is 970 g/mol. The molecule has 0 unspecified atom stereocenters. The first kappa shape index (κ1) is 43.6. The molecule has 0 aliphatic carbocycles. The molecule has 0 atom stereocenters. The summed E-state index contributed by atoms with van der Waals surface area (Å²) in [5.74, 6) is 0. The average Bonchev–Trinajstić information content (AvgIpc) is 3.34. The van der Waals surface area contributed by atoms with Crippen LogP contribution < -0.4 is 62.2 Å². The van der Waals surface area contributed by atoms with Crippen molar-refractivity contribution in [1.29, 1.82) is 0 Å². The number of para-hydroxylation sites is 6. The van der Waals surface area contributed by atoms with Crippen LogP contribution >= 0.6 is 0 Å². The summed E-state index contributed by atoms with van der Waals surface area (Å²) in [5, 5.41) is 0. The van der Waals surface area contributed by atoms with Gasteiger partial charge in [0.05, 0.1) is 0 Å². The maximum absolute atomic E-state index is 2.55. The van der Waals surface area contributed by atoms with Crippen LogP contribution in [-0.4, -0.2) is 13.4 Å². The molecule has 80 heavy (non-hydrogen) atoms. The van der Waals surface area contributed by atoms with Gasteiger partial charge < -0.3 is 29.4 Å². The Hall–Kier alpha value is -10.4. The molecule has 0 aromatic heterocycles. The third-order valence-electron chi connectivity index (χ3n) is 17.6. The lowest BCUT2D eigenvalue weighted by Gasteiger charge is -2.50. The summed E-state index contributed by atoms with van der Waals surface area (Å²) >= 11 is 0. The Morgan fingerprint density at radius 2 is 0.325 bits per heavy atom. The fraction of sp³-hybridized carbons (Fsp3) is 0. The molecular formula is C72H46B2N6. The topological polar surface area (TPSA) is 19.4 Å². The first-order valence-electron chi connectivity index (χ1n) is 27.8. The molecule has 0 saturated heterocycles. The van der Waals surface area contributed by atoms with Gasteiger partial charge in [0.15, 0.2) is 0 Å². The van der Waals surface area contributed by atoms with Crippen molar-refractivity contribution in [2.24, 2.45) is 0 Å². The van der Waals surface area contributed by atoms with E-state index in [0.29, 0.717) is 0 Å². The van der Waals surface area contributed by atoms with Crippen molar-refractivity contribution in [2.75, 3.05) is 29.4 Å². The van der Waals surface area contributed by atoms with Crippen LogP contribution in [0.3, 0.4) is 0 Å². The van der Waals surface area contributed by atoms with E-state index < -0.39 is 0 Å². The highest BCUT2D eigenvalue weighted by Crippen LogP contribution is 2.54. The molecule has 18 rings (SSSR count). The normalized spacial score (nSPS) is 14.1. The Bertz CT molecular complexity index is 3990. The van der Waals surface area contributed by atoms with Gasteiger partial charge in [-0.05, 0) is 189 Å². The van der Waals surface area contributed by atoms with Crippen molar-refractivity contribution < 1.29 is 0 Å². The molecule has 0 radical (unpaired) electrons. The lowest BCUT2D eigenvalue weighted by Crippen LogP contribution is -2.65. The van der Waals surface area contributed by atoms with Crippen molar-refractivity contribution in [3.05, 3.63) is 279 Å². The van der Waals surface area contributed by atoms with Gasteiger partial charge in [-0.1, -0.05) is 133 Å².